The SMILES string of the molecule is CCCC[NH+](CC)CCOc1ccccc1C(=O)[O-]. The van der Waals surface area contributed by atoms with Gasteiger partial charge in [-0.2, -0.15) is 0 Å². The van der Waals surface area contributed by atoms with E-state index >= 15 is 0 Å². The number of carbonyl (C=O) groups excluding carboxylic acids is 1. The number of hydrogen-bond donors (Lipinski definition) is 1. The van der Waals surface area contributed by atoms with Gasteiger partial charge in [0, 0.05) is 5.56 Å². The molecular formula is C15H23NO3. The van der Waals surface area contributed by atoms with Gasteiger partial charge in [0.25, 0.3) is 0 Å². The van der Waals surface area contributed by atoms with Crippen molar-refractivity contribution >= 4 is 5.97 Å². The average Bonchev–Trinajstić information content (AvgIpc) is 2.43. The third kappa shape index (κ3) is 5.30. The summed E-state index contributed by atoms with van der Waals surface area (Å²) in [6, 6.07) is 6.61. The van der Waals surface area contributed by atoms with Crippen molar-refractivity contribution in [2.75, 3.05) is 26.2 Å². The van der Waals surface area contributed by atoms with Crippen LogP contribution < -0.4 is 14.7 Å². The van der Waals surface area contributed by atoms with Gasteiger partial charge >= 0.3 is 0 Å². The number of hydrogen-bond acceptors (Lipinski definition) is 3. The van der Waals surface area contributed by atoms with E-state index in [9.17, 15) is 9.90 Å². The van der Waals surface area contributed by atoms with Gasteiger partial charge < -0.3 is 19.5 Å². The van der Waals surface area contributed by atoms with Gasteiger partial charge in [0.2, 0.25) is 0 Å². The number of aromatic carboxylic acids is 1. The monoisotopic (exact) mass is 265 g/mol. The Morgan fingerprint density at radius 2 is 2.00 bits per heavy atom. The largest absolute Gasteiger partial charge is 0.545 e. The predicted octanol–water partition coefficient (Wildman–Crippen LogP) is 0.134. The Labute approximate surface area is 115 Å². The van der Waals surface area contributed by atoms with Crippen LogP contribution in [0, 0.1) is 0 Å². The Morgan fingerprint density at radius 3 is 2.63 bits per heavy atom. The molecule has 1 aromatic carbocycles. The quantitative estimate of drug-likeness (QED) is 0.691. The van der Waals surface area contributed by atoms with Crippen LogP contribution in [0.25, 0.3) is 0 Å². The second-order valence-corrected chi connectivity index (χ2v) is 4.59. The number of benzene rings is 1. The molecule has 1 rings (SSSR count). The maximum Gasteiger partial charge on any atom is 0.137 e. The lowest BCUT2D eigenvalue weighted by Crippen LogP contribution is -3.12. The second kappa shape index (κ2) is 8.53. The van der Waals surface area contributed by atoms with E-state index in [2.05, 4.69) is 13.8 Å². The molecule has 4 nitrogen and oxygen atoms in total. The van der Waals surface area contributed by atoms with Crippen LogP contribution in [-0.2, 0) is 0 Å². The van der Waals surface area contributed by atoms with Crippen molar-refractivity contribution in [2.45, 2.75) is 26.7 Å². The number of ether oxygens (including phenoxy) is 1. The third-order valence-electron chi connectivity index (χ3n) is 3.20. The summed E-state index contributed by atoms with van der Waals surface area (Å²) in [6.45, 7) is 7.94. The van der Waals surface area contributed by atoms with Crippen molar-refractivity contribution in [3.8, 4) is 5.75 Å². The number of para-hydroxylation sites is 1. The minimum absolute atomic E-state index is 0.120. The first-order valence-corrected chi connectivity index (χ1v) is 6.95. The summed E-state index contributed by atoms with van der Waals surface area (Å²) in [6.07, 6.45) is 2.40. The number of carboxylic acid groups (broad SMARTS) is 1. The van der Waals surface area contributed by atoms with E-state index in [1.165, 1.54) is 23.8 Å². The van der Waals surface area contributed by atoms with Gasteiger partial charge in [-0.05, 0) is 25.5 Å². The van der Waals surface area contributed by atoms with Crippen molar-refractivity contribution in [3.05, 3.63) is 29.8 Å². The number of carbonyl (C=O) groups is 1. The highest BCUT2D eigenvalue weighted by Crippen LogP contribution is 2.16. The molecule has 106 valence electrons. The molecule has 0 radical (unpaired) electrons. The van der Waals surface area contributed by atoms with Gasteiger partial charge in [-0.25, -0.2) is 0 Å². The van der Waals surface area contributed by atoms with E-state index in [-0.39, 0.29) is 5.56 Å². The molecule has 19 heavy (non-hydrogen) atoms. The van der Waals surface area contributed by atoms with Crippen molar-refractivity contribution in [2.24, 2.45) is 0 Å². The van der Waals surface area contributed by atoms with E-state index in [0.29, 0.717) is 12.4 Å². The van der Waals surface area contributed by atoms with Crippen molar-refractivity contribution < 1.29 is 19.5 Å². The van der Waals surface area contributed by atoms with Gasteiger partial charge in [0.15, 0.2) is 0 Å². The summed E-state index contributed by atoms with van der Waals surface area (Å²) in [5.74, 6) is -0.797. The van der Waals surface area contributed by atoms with Gasteiger partial charge in [-0.1, -0.05) is 25.5 Å². The molecule has 1 unspecified atom stereocenters. The Morgan fingerprint density at radius 1 is 1.26 bits per heavy atom. The van der Waals surface area contributed by atoms with Crippen LogP contribution in [0.2, 0.25) is 0 Å². The Balaban J connectivity index is 2.46. The summed E-state index contributed by atoms with van der Waals surface area (Å²) >= 11 is 0. The number of carboxylic acids is 1. The highest BCUT2D eigenvalue weighted by atomic mass is 16.5. The summed E-state index contributed by atoms with van der Waals surface area (Å²) in [4.78, 5) is 12.4. The number of unbranched alkanes of at least 4 members (excludes halogenated alkanes) is 1. The van der Waals surface area contributed by atoms with Gasteiger partial charge in [-0.15, -0.1) is 0 Å². The lowest BCUT2D eigenvalue weighted by molar-refractivity contribution is -0.898. The summed E-state index contributed by atoms with van der Waals surface area (Å²) in [5.41, 5.74) is 0.120. The standard InChI is InChI=1S/C15H23NO3/c1-3-5-10-16(4-2)11-12-19-14-9-7-6-8-13(14)15(17)18/h6-9H,3-5,10-12H2,1-2H3,(H,17,18). The smallest absolute Gasteiger partial charge is 0.137 e. The number of rotatable bonds is 9. The minimum Gasteiger partial charge on any atom is -0.545 e. The van der Waals surface area contributed by atoms with E-state index in [1.54, 1.807) is 18.2 Å². The highest BCUT2D eigenvalue weighted by Gasteiger charge is 2.07. The number of likely N-dealkylation sites (N-methyl/N-ethyl adjacent to an activating group) is 1. The zero-order valence-electron chi connectivity index (χ0n) is 11.8. The molecule has 1 atom stereocenters. The molecule has 4 heteroatoms. The maximum absolute atomic E-state index is 10.9. The molecule has 0 spiro atoms. The maximum atomic E-state index is 10.9. The Kier molecular flexibility index (Phi) is 6.97. The van der Waals surface area contributed by atoms with Crippen LogP contribution in [-0.4, -0.2) is 32.2 Å². The molecule has 0 aliphatic rings. The summed E-state index contributed by atoms with van der Waals surface area (Å²) in [7, 11) is 0. The molecule has 0 saturated carbocycles. The molecule has 1 N–H and O–H groups in total. The molecule has 0 aliphatic heterocycles. The van der Waals surface area contributed by atoms with Crippen LogP contribution in [0.5, 0.6) is 5.75 Å². The molecule has 0 fully saturated rings. The molecule has 0 heterocycles. The molecule has 0 aromatic heterocycles. The van der Waals surface area contributed by atoms with Crippen molar-refractivity contribution in [1.82, 2.24) is 0 Å². The molecular weight excluding hydrogens is 242 g/mol. The summed E-state index contributed by atoms with van der Waals surface area (Å²) < 4.78 is 5.57. The van der Waals surface area contributed by atoms with Crippen LogP contribution in [0.15, 0.2) is 24.3 Å². The Bertz CT molecular complexity index is 393. The fourth-order valence-corrected chi connectivity index (χ4v) is 1.97. The fourth-order valence-electron chi connectivity index (χ4n) is 1.97. The van der Waals surface area contributed by atoms with Crippen LogP contribution in [0.4, 0.5) is 0 Å². The van der Waals surface area contributed by atoms with E-state index < -0.39 is 5.97 Å². The van der Waals surface area contributed by atoms with E-state index in [0.717, 1.165) is 19.6 Å². The van der Waals surface area contributed by atoms with E-state index in [4.69, 9.17) is 4.74 Å². The zero-order valence-corrected chi connectivity index (χ0v) is 11.8. The van der Waals surface area contributed by atoms with Crippen molar-refractivity contribution in [1.29, 1.82) is 0 Å². The average molecular weight is 265 g/mol. The summed E-state index contributed by atoms with van der Waals surface area (Å²) in [5, 5.41) is 10.9. The third-order valence-corrected chi connectivity index (χ3v) is 3.20. The van der Waals surface area contributed by atoms with Crippen LogP contribution >= 0.6 is 0 Å². The predicted molar refractivity (Wildman–Crippen MR) is 72.4 cm³/mol. The van der Waals surface area contributed by atoms with E-state index in [1.807, 2.05) is 0 Å². The first-order chi connectivity index (χ1) is 9.19. The number of nitrogens with one attached hydrogen (secondary N) is 1. The second-order valence-electron chi connectivity index (χ2n) is 4.59. The number of quaternary nitrogens is 1. The molecule has 0 amide bonds. The lowest BCUT2D eigenvalue weighted by atomic mass is 10.2. The topological polar surface area (TPSA) is 53.8 Å². The first kappa shape index (κ1) is 15.5. The first-order valence-electron chi connectivity index (χ1n) is 6.95. The Hall–Kier alpha value is -1.55. The van der Waals surface area contributed by atoms with Gasteiger partial charge in [0.1, 0.15) is 18.9 Å². The van der Waals surface area contributed by atoms with Gasteiger partial charge in [-0.3, -0.25) is 0 Å². The minimum atomic E-state index is -1.19. The molecule has 0 bridgehead atoms. The lowest BCUT2D eigenvalue weighted by Gasteiger charge is -2.18. The van der Waals surface area contributed by atoms with Gasteiger partial charge in [0.05, 0.1) is 19.1 Å². The molecule has 0 saturated heterocycles. The zero-order chi connectivity index (χ0) is 14.1. The highest BCUT2D eigenvalue weighted by molar-refractivity contribution is 5.89. The van der Waals surface area contributed by atoms with Crippen LogP contribution in [0.1, 0.15) is 37.0 Å². The van der Waals surface area contributed by atoms with Crippen molar-refractivity contribution in [3.63, 3.8) is 0 Å². The normalized spacial score (nSPS) is 12.1. The molecule has 0 aliphatic carbocycles. The fraction of sp³-hybridized carbons (Fsp3) is 0.533. The molecule has 1 aromatic rings. The van der Waals surface area contributed by atoms with Crippen LogP contribution in [0.3, 0.4) is 0 Å².